The molecule has 1 fully saturated rings. The minimum atomic E-state index is -3.88. The zero-order valence-corrected chi connectivity index (χ0v) is 22.2. The molecular formula is C24H38N4O6S. The van der Waals surface area contributed by atoms with E-state index in [-0.39, 0.29) is 51.9 Å². The van der Waals surface area contributed by atoms with Gasteiger partial charge in [0, 0.05) is 5.92 Å². The van der Waals surface area contributed by atoms with E-state index in [1.165, 1.54) is 39.0 Å². The molecule has 3 rings (SSSR count). The fourth-order valence-corrected chi connectivity index (χ4v) is 6.71. The van der Waals surface area contributed by atoms with E-state index in [4.69, 9.17) is 9.05 Å². The Bertz CT molecular complexity index is 1090. The minimum absolute atomic E-state index is 0.0135. The molecule has 2 N–H and O–H groups in total. The second kappa shape index (κ2) is 10.8. The Morgan fingerprint density at radius 3 is 2.40 bits per heavy atom. The molecule has 10 nitrogen and oxygen atoms in total. The van der Waals surface area contributed by atoms with Gasteiger partial charge in [-0.15, -0.1) is 0 Å². The molecule has 196 valence electrons. The van der Waals surface area contributed by atoms with Crippen LogP contribution in [0.25, 0.3) is 0 Å². The normalized spacial score (nSPS) is 17.4. The molecule has 0 spiro atoms. The van der Waals surface area contributed by atoms with E-state index in [9.17, 15) is 18.3 Å². The zero-order chi connectivity index (χ0) is 25.9. The minimum Gasteiger partial charge on any atom is -0.481 e. The first-order chi connectivity index (χ1) is 16.3. The lowest BCUT2D eigenvalue weighted by Crippen LogP contribution is -2.37. The van der Waals surface area contributed by atoms with E-state index in [2.05, 4.69) is 40.8 Å². The number of hydrogen-bond donors (Lipinski definition) is 2. The van der Waals surface area contributed by atoms with Gasteiger partial charge in [-0.3, -0.25) is 4.79 Å². The van der Waals surface area contributed by atoms with Crippen LogP contribution < -0.4 is 4.72 Å². The molecule has 1 aliphatic rings. The number of aliphatic carboxylic acids is 1. The van der Waals surface area contributed by atoms with E-state index in [0.717, 1.165) is 12.8 Å². The Kier molecular flexibility index (Phi) is 8.41. The summed E-state index contributed by atoms with van der Waals surface area (Å²) in [6.07, 6.45) is 8.58. The van der Waals surface area contributed by atoms with Crippen molar-refractivity contribution in [1.29, 1.82) is 0 Å². The average molecular weight is 511 g/mol. The van der Waals surface area contributed by atoms with Gasteiger partial charge < -0.3 is 14.2 Å². The fourth-order valence-electron chi connectivity index (χ4n) is 5.41. The van der Waals surface area contributed by atoms with Gasteiger partial charge in [-0.1, -0.05) is 56.8 Å². The first-order valence-corrected chi connectivity index (χ1v) is 13.8. The van der Waals surface area contributed by atoms with E-state index in [1.807, 2.05) is 0 Å². The first-order valence-electron chi connectivity index (χ1n) is 12.3. The quantitative estimate of drug-likeness (QED) is 0.431. The Morgan fingerprint density at radius 2 is 1.83 bits per heavy atom. The van der Waals surface area contributed by atoms with Crippen molar-refractivity contribution in [1.82, 2.24) is 20.0 Å². The Labute approximate surface area is 207 Å². The van der Waals surface area contributed by atoms with Gasteiger partial charge in [-0.2, -0.15) is 4.98 Å². The lowest BCUT2D eigenvalue weighted by molar-refractivity contribution is -0.137. The van der Waals surface area contributed by atoms with Gasteiger partial charge in [0.1, 0.15) is 10.6 Å². The van der Waals surface area contributed by atoms with Crippen molar-refractivity contribution in [2.75, 3.05) is 0 Å². The van der Waals surface area contributed by atoms with Crippen LogP contribution in [-0.2, 0) is 21.4 Å². The van der Waals surface area contributed by atoms with Crippen molar-refractivity contribution in [2.24, 2.45) is 10.8 Å². The van der Waals surface area contributed by atoms with Crippen LogP contribution in [0.3, 0.4) is 0 Å². The smallest absolute Gasteiger partial charge is 0.304 e. The molecule has 2 heterocycles. The number of sulfonamides is 1. The molecule has 11 heteroatoms. The summed E-state index contributed by atoms with van der Waals surface area (Å²) in [5.74, 6) is -0.793. The maximum atomic E-state index is 12.6. The van der Waals surface area contributed by atoms with Crippen LogP contribution in [0.15, 0.2) is 13.9 Å². The third kappa shape index (κ3) is 6.49. The van der Waals surface area contributed by atoms with Gasteiger partial charge in [0.2, 0.25) is 15.9 Å². The number of aryl methyl sites for hydroxylation is 2. The molecule has 1 atom stereocenters. The standard InChI is InChI=1S/C24H38N4O6S/c1-16-21(17(2)33-27-16)35(31,32)25-15-19-26-22(34-28-19)18(14-20(29)30)10-9-13-24(23(3,4)5)11-7-6-8-12-24/h18,25H,6-15H2,1-5H3,(H,29,30). The van der Waals surface area contributed by atoms with Crippen LogP contribution in [0.1, 0.15) is 108 Å². The number of carboxylic acids is 1. The average Bonchev–Trinajstić information content (AvgIpc) is 3.38. The van der Waals surface area contributed by atoms with Gasteiger partial charge in [-0.25, -0.2) is 13.1 Å². The molecule has 0 aliphatic heterocycles. The highest BCUT2D eigenvalue weighted by Gasteiger charge is 2.42. The number of nitrogens with one attached hydrogen (secondary N) is 1. The Hall–Kier alpha value is -2.27. The molecule has 0 amide bonds. The second-order valence-electron chi connectivity index (χ2n) is 10.8. The molecule has 1 aliphatic carbocycles. The molecule has 2 aromatic rings. The SMILES string of the molecule is Cc1noc(C)c1S(=O)(=O)NCc1noc(C(CCCC2(C(C)(C)C)CCCCC2)CC(=O)O)n1. The van der Waals surface area contributed by atoms with Crippen molar-refractivity contribution < 1.29 is 27.4 Å². The summed E-state index contributed by atoms with van der Waals surface area (Å²) in [7, 11) is -3.88. The number of carbonyl (C=O) groups is 1. The van der Waals surface area contributed by atoms with Gasteiger partial charge >= 0.3 is 5.97 Å². The summed E-state index contributed by atoms with van der Waals surface area (Å²) in [5.41, 5.74) is 0.706. The monoisotopic (exact) mass is 510 g/mol. The topological polar surface area (TPSA) is 148 Å². The van der Waals surface area contributed by atoms with Gasteiger partial charge in [-0.05, 0) is 50.4 Å². The molecule has 0 radical (unpaired) electrons. The lowest BCUT2D eigenvalue weighted by atomic mass is 9.57. The van der Waals surface area contributed by atoms with E-state index in [1.54, 1.807) is 6.92 Å². The highest BCUT2D eigenvalue weighted by atomic mass is 32.2. The Morgan fingerprint density at radius 1 is 1.14 bits per heavy atom. The molecule has 0 bridgehead atoms. The van der Waals surface area contributed by atoms with E-state index < -0.39 is 21.9 Å². The van der Waals surface area contributed by atoms with E-state index >= 15 is 0 Å². The van der Waals surface area contributed by atoms with Crippen molar-refractivity contribution in [3.8, 4) is 0 Å². The number of rotatable bonds is 11. The molecule has 0 saturated heterocycles. The van der Waals surface area contributed by atoms with Crippen molar-refractivity contribution in [3.05, 3.63) is 23.2 Å². The van der Waals surface area contributed by atoms with Crippen LogP contribution in [0.5, 0.6) is 0 Å². The number of aromatic nitrogens is 3. The van der Waals surface area contributed by atoms with Crippen LogP contribution in [0, 0.1) is 24.7 Å². The maximum absolute atomic E-state index is 12.6. The Balaban J connectivity index is 1.66. The van der Waals surface area contributed by atoms with Crippen LogP contribution >= 0.6 is 0 Å². The summed E-state index contributed by atoms with van der Waals surface area (Å²) < 4.78 is 38.0. The summed E-state index contributed by atoms with van der Waals surface area (Å²) in [5, 5.41) is 17.0. The van der Waals surface area contributed by atoms with Crippen LogP contribution in [-0.4, -0.2) is 34.8 Å². The third-order valence-electron chi connectivity index (χ3n) is 7.52. The zero-order valence-electron chi connectivity index (χ0n) is 21.4. The van der Waals surface area contributed by atoms with Gasteiger partial charge in [0.05, 0.1) is 13.0 Å². The predicted octanol–water partition coefficient (Wildman–Crippen LogP) is 4.88. The summed E-state index contributed by atoms with van der Waals surface area (Å²) in [6, 6.07) is 0. The molecule has 0 aromatic carbocycles. The summed E-state index contributed by atoms with van der Waals surface area (Å²) in [6.45, 7) is 9.80. The summed E-state index contributed by atoms with van der Waals surface area (Å²) in [4.78, 5) is 15.8. The molecule has 1 saturated carbocycles. The second-order valence-corrected chi connectivity index (χ2v) is 12.5. The number of hydrogen-bond acceptors (Lipinski definition) is 8. The first kappa shape index (κ1) is 27.3. The number of nitrogens with zero attached hydrogens (tertiary/aromatic N) is 3. The van der Waals surface area contributed by atoms with Crippen LogP contribution in [0.4, 0.5) is 0 Å². The maximum Gasteiger partial charge on any atom is 0.304 e. The van der Waals surface area contributed by atoms with Crippen molar-refractivity contribution >= 4 is 16.0 Å². The van der Waals surface area contributed by atoms with Gasteiger partial charge in [0.25, 0.3) is 0 Å². The van der Waals surface area contributed by atoms with Crippen molar-refractivity contribution in [3.63, 3.8) is 0 Å². The molecule has 35 heavy (non-hydrogen) atoms. The van der Waals surface area contributed by atoms with E-state index in [0.29, 0.717) is 6.42 Å². The predicted molar refractivity (Wildman–Crippen MR) is 128 cm³/mol. The highest BCUT2D eigenvalue weighted by molar-refractivity contribution is 7.89. The third-order valence-corrected chi connectivity index (χ3v) is 9.17. The molecular weight excluding hydrogens is 472 g/mol. The largest absolute Gasteiger partial charge is 0.481 e. The fraction of sp³-hybridized carbons (Fsp3) is 0.750. The lowest BCUT2D eigenvalue weighted by Gasteiger charge is -2.48. The van der Waals surface area contributed by atoms with Crippen molar-refractivity contribution in [2.45, 2.75) is 110 Å². The molecule has 2 aromatic heterocycles. The van der Waals surface area contributed by atoms with Gasteiger partial charge in [0.15, 0.2) is 11.6 Å². The summed E-state index contributed by atoms with van der Waals surface area (Å²) >= 11 is 0. The molecule has 1 unspecified atom stereocenters. The highest BCUT2D eigenvalue weighted by Crippen LogP contribution is 2.53. The van der Waals surface area contributed by atoms with Crippen LogP contribution in [0.2, 0.25) is 0 Å². The number of carboxylic acid groups (broad SMARTS) is 1.